The lowest BCUT2D eigenvalue weighted by Gasteiger charge is -2.11. The Morgan fingerprint density at radius 1 is 1.29 bits per heavy atom. The van der Waals surface area contributed by atoms with Crippen molar-refractivity contribution in [3.05, 3.63) is 41.7 Å². The van der Waals surface area contributed by atoms with Gasteiger partial charge in [-0.3, -0.25) is 9.40 Å². The number of nitrogens with one attached hydrogen (secondary N) is 1. The van der Waals surface area contributed by atoms with Crippen molar-refractivity contribution in [1.82, 2.24) is 9.78 Å². The van der Waals surface area contributed by atoms with Crippen molar-refractivity contribution in [1.29, 1.82) is 0 Å². The van der Waals surface area contributed by atoms with Gasteiger partial charge in [-0.05, 0) is 37.0 Å². The van der Waals surface area contributed by atoms with Crippen molar-refractivity contribution in [2.45, 2.75) is 38.0 Å². The van der Waals surface area contributed by atoms with Crippen LogP contribution in [-0.2, 0) is 17.1 Å². The van der Waals surface area contributed by atoms with Gasteiger partial charge >= 0.3 is 0 Å². The highest BCUT2D eigenvalue weighted by Crippen LogP contribution is 2.22. The zero-order valence-corrected chi connectivity index (χ0v) is 13.6. The molecule has 0 aliphatic carbocycles. The van der Waals surface area contributed by atoms with Crippen LogP contribution in [0.3, 0.4) is 0 Å². The van der Waals surface area contributed by atoms with Gasteiger partial charge in [-0.15, -0.1) is 0 Å². The molecule has 1 unspecified atom stereocenters. The van der Waals surface area contributed by atoms with E-state index in [1.807, 2.05) is 12.1 Å². The summed E-state index contributed by atoms with van der Waals surface area (Å²) in [6.45, 7) is 5.96. The molecule has 0 spiro atoms. The normalized spacial score (nSPS) is 13.1. The molecule has 1 heterocycles. The van der Waals surface area contributed by atoms with Gasteiger partial charge in [0.2, 0.25) is 0 Å². The molecule has 1 aromatic carbocycles. The first-order valence-electron chi connectivity index (χ1n) is 6.96. The van der Waals surface area contributed by atoms with Gasteiger partial charge < -0.3 is 0 Å². The van der Waals surface area contributed by atoms with Gasteiger partial charge in [0, 0.05) is 18.9 Å². The van der Waals surface area contributed by atoms with E-state index in [1.165, 1.54) is 16.4 Å². The molecule has 0 radical (unpaired) electrons. The summed E-state index contributed by atoms with van der Waals surface area (Å²) in [5.41, 5.74) is 2.25. The van der Waals surface area contributed by atoms with E-state index in [1.54, 1.807) is 26.1 Å². The Bertz CT molecular complexity index is 718. The van der Waals surface area contributed by atoms with Gasteiger partial charge in [0.25, 0.3) is 10.0 Å². The molecule has 5 nitrogen and oxygen atoms in total. The molecular formula is C15H21N3O2S. The lowest BCUT2D eigenvalue weighted by molar-refractivity contribution is 0.600. The summed E-state index contributed by atoms with van der Waals surface area (Å²) < 4.78 is 28.8. The van der Waals surface area contributed by atoms with Gasteiger partial charge in [-0.25, -0.2) is 8.42 Å². The van der Waals surface area contributed by atoms with Crippen LogP contribution in [0.2, 0.25) is 0 Å². The molecule has 1 aromatic heterocycles. The predicted octanol–water partition coefficient (Wildman–Crippen LogP) is 3.04. The van der Waals surface area contributed by atoms with E-state index in [0.717, 1.165) is 6.42 Å². The Morgan fingerprint density at radius 2 is 1.90 bits per heavy atom. The average molecular weight is 307 g/mol. The average Bonchev–Trinajstić information content (AvgIpc) is 2.78. The molecule has 0 aliphatic rings. The summed E-state index contributed by atoms with van der Waals surface area (Å²) in [6.07, 6.45) is 2.56. The van der Waals surface area contributed by atoms with Crippen molar-refractivity contribution >= 4 is 15.7 Å². The smallest absolute Gasteiger partial charge is 0.265 e. The van der Waals surface area contributed by atoms with Gasteiger partial charge in [0.1, 0.15) is 4.90 Å². The lowest BCUT2D eigenvalue weighted by Crippen LogP contribution is -2.13. The second-order valence-electron chi connectivity index (χ2n) is 5.29. The summed E-state index contributed by atoms with van der Waals surface area (Å²) in [5.74, 6) is 0.469. The van der Waals surface area contributed by atoms with E-state index < -0.39 is 10.0 Å². The molecule has 0 fully saturated rings. The predicted molar refractivity (Wildman–Crippen MR) is 83.9 cm³/mol. The third kappa shape index (κ3) is 3.44. The molecule has 0 bridgehead atoms. The SMILES string of the molecule is CCC(C)c1ccc(NS(=O)(=O)c2cn(C)nc2C)cc1. The second-order valence-corrected chi connectivity index (χ2v) is 6.94. The van der Waals surface area contributed by atoms with Crippen LogP contribution < -0.4 is 4.72 Å². The highest BCUT2D eigenvalue weighted by molar-refractivity contribution is 7.92. The van der Waals surface area contributed by atoms with Crippen molar-refractivity contribution in [2.75, 3.05) is 4.72 Å². The first-order chi connectivity index (χ1) is 9.83. The van der Waals surface area contributed by atoms with Crippen molar-refractivity contribution < 1.29 is 8.42 Å². The van der Waals surface area contributed by atoms with Crippen LogP contribution in [0.25, 0.3) is 0 Å². The molecule has 1 atom stereocenters. The number of hydrogen-bond acceptors (Lipinski definition) is 3. The summed E-state index contributed by atoms with van der Waals surface area (Å²) in [6, 6.07) is 7.51. The van der Waals surface area contributed by atoms with Gasteiger partial charge in [-0.1, -0.05) is 26.0 Å². The van der Waals surface area contributed by atoms with Crippen LogP contribution in [0.1, 0.15) is 37.4 Å². The number of rotatable bonds is 5. The Labute approximate surface area is 126 Å². The maximum atomic E-state index is 12.3. The molecule has 114 valence electrons. The summed E-state index contributed by atoms with van der Waals surface area (Å²) in [4.78, 5) is 0.205. The van der Waals surface area contributed by atoms with Crippen LogP contribution in [-0.4, -0.2) is 18.2 Å². The number of benzene rings is 1. The van der Waals surface area contributed by atoms with Crippen LogP contribution in [0.5, 0.6) is 0 Å². The third-order valence-electron chi connectivity index (χ3n) is 3.60. The van der Waals surface area contributed by atoms with Crippen molar-refractivity contribution in [2.24, 2.45) is 7.05 Å². The molecule has 2 aromatic rings. The number of aromatic nitrogens is 2. The topological polar surface area (TPSA) is 64.0 Å². The van der Waals surface area contributed by atoms with Gasteiger partial charge in [0.15, 0.2) is 0 Å². The second kappa shape index (κ2) is 5.89. The molecule has 21 heavy (non-hydrogen) atoms. The summed E-state index contributed by atoms with van der Waals surface area (Å²) in [5, 5.41) is 4.06. The minimum atomic E-state index is -3.60. The van der Waals surface area contributed by atoms with Crippen LogP contribution in [0, 0.1) is 6.92 Å². The molecule has 1 N–H and O–H groups in total. The van der Waals surface area contributed by atoms with E-state index in [0.29, 0.717) is 17.3 Å². The zero-order chi connectivity index (χ0) is 15.6. The number of anilines is 1. The highest BCUT2D eigenvalue weighted by atomic mass is 32.2. The number of sulfonamides is 1. The van der Waals surface area contributed by atoms with E-state index >= 15 is 0 Å². The van der Waals surface area contributed by atoms with Gasteiger partial charge in [0.05, 0.1) is 5.69 Å². The third-order valence-corrected chi connectivity index (χ3v) is 5.09. The number of nitrogens with zero attached hydrogens (tertiary/aromatic N) is 2. The Hall–Kier alpha value is -1.82. The van der Waals surface area contributed by atoms with Crippen LogP contribution in [0.15, 0.2) is 35.4 Å². The van der Waals surface area contributed by atoms with Crippen LogP contribution >= 0.6 is 0 Å². The van der Waals surface area contributed by atoms with Crippen molar-refractivity contribution in [3.63, 3.8) is 0 Å². The summed E-state index contributed by atoms with van der Waals surface area (Å²) >= 11 is 0. The standard InChI is InChI=1S/C15H21N3O2S/c1-5-11(2)13-6-8-14(9-7-13)17-21(19,20)15-10-18(4)16-12(15)3/h6-11,17H,5H2,1-4H3. The van der Waals surface area contributed by atoms with Gasteiger partial charge in [-0.2, -0.15) is 5.10 Å². The molecule has 0 amide bonds. The molecule has 0 aliphatic heterocycles. The molecule has 0 saturated carbocycles. The van der Waals surface area contributed by atoms with E-state index in [2.05, 4.69) is 23.7 Å². The van der Waals surface area contributed by atoms with E-state index in [4.69, 9.17) is 0 Å². The minimum Gasteiger partial charge on any atom is -0.280 e. The first-order valence-corrected chi connectivity index (χ1v) is 8.45. The molecule has 2 rings (SSSR count). The molecule has 6 heteroatoms. The van der Waals surface area contributed by atoms with E-state index in [9.17, 15) is 8.42 Å². The quantitative estimate of drug-likeness (QED) is 0.923. The molecule has 0 saturated heterocycles. The Kier molecular flexibility index (Phi) is 4.37. The zero-order valence-electron chi connectivity index (χ0n) is 12.8. The molecular weight excluding hydrogens is 286 g/mol. The Morgan fingerprint density at radius 3 is 2.38 bits per heavy atom. The van der Waals surface area contributed by atoms with Crippen molar-refractivity contribution in [3.8, 4) is 0 Å². The largest absolute Gasteiger partial charge is 0.280 e. The lowest BCUT2D eigenvalue weighted by atomic mass is 9.99. The monoisotopic (exact) mass is 307 g/mol. The number of aryl methyl sites for hydroxylation is 2. The maximum Gasteiger partial charge on any atom is 0.265 e. The fourth-order valence-electron chi connectivity index (χ4n) is 2.17. The maximum absolute atomic E-state index is 12.3. The first kappa shape index (κ1) is 15.6. The fourth-order valence-corrected chi connectivity index (χ4v) is 3.44. The van der Waals surface area contributed by atoms with E-state index in [-0.39, 0.29) is 4.90 Å². The highest BCUT2D eigenvalue weighted by Gasteiger charge is 2.19. The summed E-state index contributed by atoms with van der Waals surface area (Å²) in [7, 11) is -1.89. The number of hydrogen-bond donors (Lipinski definition) is 1. The van der Waals surface area contributed by atoms with Crippen LogP contribution in [0.4, 0.5) is 5.69 Å². The Balaban J connectivity index is 2.23. The fraction of sp³-hybridized carbons (Fsp3) is 0.400. The minimum absolute atomic E-state index is 0.205.